The van der Waals surface area contributed by atoms with Crippen LogP contribution in [0.5, 0.6) is 0 Å². The monoisotopic (exact) mass is 275 g/mol. The summed E-state index contributed by atoms with van der Waals surface area (Å²) in [5.41, 5.74) is 0. The molecule has 0 aliphatic rings. The van der Waals surface area contributed by atoms with Crippen LogP contribution in [0.1, 0.15) is 77.0 Å². The maximum atomic E-state index is 3.87. The first-order chi connectivity index (χ1) is 7.41. The lowest BCUT2D eigenvalue weighted by atomic mass is 10.1. The van der Waals surface area contributed by atoms with Crippen LogP contribution in [0.2, 0.25) is 0 Å². The van der Waals surface area contributed by atoms with E-state index in [-0.39, 0.29) is 0 Å². The maximum Gasteiger partial charge on any atom is 0.00313 e. The van der Waals surface area contributed by atoms with Gasteiger partial charge in [0.15, 0.2) is 0 Å². The lowest BCUT2D eigenvalue weighted by molar-refractivity contribution is 0.551. The normalized spacial score (nSPS) is 10.8. The van der Waals surface area contributed by atoms with Crippen LogP contribution in [-0.2, 0) is 0 Å². The van der Waals surface area contributed by atoms with Crippen LogP contribution in [0.25, 0.3) is 0 Å². The van der Waals surface area contributed by atoms with Gasteiger partial charge >= 0.3 is 0 Å². The fourth-order valence-electron chi connectivity index (χ4n) is 1.86. The molecule has 0 heterocycles. The highest BCUT2D eigenvalue weighted by Gasteiger charge is 1.92. The Morgan fingerprint density at radius 1 is 0.533 bits per heavy atom. The summed E-state index contributed by atoms with van der Waals surface area (Å²) in [5, 5.41) is 1.18. The Balaban J connectivity index is 2.81. The van der Waals surface area contributed by atoms with E-state index in [2.05, 4.69) is 22.9 Å². The van der Waals surface area contributed by atoms with Gasteiger partial charge in [-0.3, -0.25) is 0 Å². The van der Waals surface area contributed by atoms with Crippen molar-refractivity contribution >= 4 is 15.9 Å². The molecule has 0 aromatic carbocycles. The van der Waals surface area contributed by atoms with Crippen molar-refractivity contribution in [3.63, 3.8) is 0 Å². The van der Waals surface area contributed by atoms with Crippen LogP contribution in [0.15, 0.2) is 0 Å². The quantitative estimate of drug-likeness (QED) is 0.307. The second kappa shape index (κ2) is 14.5. The summed E-state index contributed by atoms with van der Waals surface area (Å²) in [5.74, 6) is 0. The molecule has 0 amide bonds. The van der Waals surface area contributed by atoms with Crippen LogP contribution in [-0.4, -0.2) is 5.33 Å². The fraction of sp³-hybridized carbons (Fsp3) is 0.929. The summed E-state index contributed by atoms with van der Waals surface area (Å²) in [6.45, 7) is 3.87. The Kier molecular flexibility index (Phi) is 14.9. The molecule has 0 nitrogen and oxygen atoms in total. The molecule has 0 aliphatic carbocycles. The Morgan fingerprint density at radius 2 is 0.867 bits per heavy atom. The number of hydrogen-bond donors (Lipinski definition) is 0. The predicted molar refractivity (Wildman–Crippen MR) is 74.6 cm³/mol. The molecule has 0 fully saturated rings. The Labute approximate surface area is 105 Å². The van der Waals surface area contributed by atoms with Crippen molar-refractivity contribution in [1.29, 1.82) is 0 Å². The van der Waals surface area contributed by atoms with E-state index in [1.165, 1.54) is 76.0 Å². The summed E-state index contributed by atoms with van der Waals surface area (Å²) in [6.07, 6.45) is 16.7. The molecular weight excluding hydrogens is 248 g/mol. The highest BCUT2D eigenvalue weighted by molar-refractivity contribution is 9.09. The van der Waals surface area contributed by atoms with Crippen molar-refractivity contribution in [2.45, 2.75) is 77.0 Å². The van der Waals surface area contributed by atoms with Gasteiger partial charge in [-0.1, -0.05) is 93.5 Å². The van der Waals surface area contributed by atoms with E-state index in [0.717, 1.165) is 6.42 Å². The average molecular weight is 276 g/mol. The van der Waals surface area contributed by atoms with Crippen LogP contribution in [0.3, 0.4) is 0 Å². The molecule has 0 unspecified atom stereocenters. The van der Waals surface area contributed by atoms with Crippen LogP contribution in [0.4, 0.5) is 0 Å². The van der Waals surface area contributed by atoms with Gasteiger partial charge in [-0.25, -0.2) is 0 Å². The Morgan fingerprint density at radius 3 is 1.20 bits per heavy atom. The lowest BCUT2D eigenvalue weighted by Crippen LogP contribution is -1.82. The van der Waals surface area contributed by atoms with Gasteiger partial charge in [-0.15, -0.1) is 0 Å². The highest BCUT2D eigenvalue weighted by Crippen LogP contribution is 2.11. The fourth-order valence-corrected chi connectivity index (χ4v) is 2.26. The van der Waals surface area contributed by atoms with E-state index >= 15 is 0 Å². The van der Waals surface area contributed by atoms with Crippen molar-refractivity contribution in [2.24, 2.45) is 0 Å². The molecule has 0 saturated carbocycles. The van der Waals surface area contributed by atoms with E-state index in [9.17, 15) is 0 Å². The molecule has 1 heteroatoms. The van der Waals surface area contributed by atoms with Gasteiger partial charge in [-0.05, 0) is 6.42 Å². The number of hydrogen-bond acceptors (Lipinski definition) is 0. The number of unbranched alkanes of at least 4 members (excludes halogenated alkanes) is 11. The third kappa shape index (κ3) is 14.5. The second-order valence-corrected chi connectivity index (χ2v) is 5.22. The van der Waals surface area contributed by atoms with Crippen molar-refractivity contribution in [2.75, 3.05) is 5.33 Å². The first-order valence-electron chi connectivity index (χ1n) is 6.77. The van der Waals surface area contributed by atoms with E-state index < -0.39 is 0 Å². The van der Waals surface area contributed by atoms with Crippen LogP contribution in [0, 0.1) is 6.92 Å². The van der Waals surface area contributed by atoms with Crippen molar-refractivity contribution < 1.29 is 0 Å². The molecule has 0 saturated heterocycles. The van der Waals surface area contributed by atoms with Crippen LogP contribution < -0.4 is 0 Å². The van der Waals surface area contributed by atoms with Crippen molar-refractivity contribution in [1.82, 2.24) is 0 Å². The molecule has 0 N–H and O–H groups in total. The molecule has 1 radical (unpaired) electrons. The topological polar surface area (TPSA) is 0 Å². The molecular formula is C14H28Br. The summed E-state index contributed by atoms with van der Waals surface area (Å²) in [6, 6.07) is 0. The summed E-state index contributed by atoms with van der Waals surface area (Å²) in [7, 11) is 0. The molecule has 0 aliphatic heterocycles. The zero-order valence-corrected chi connectivity index (χ0v) is 11.9. The maximum absolute atomic E-state index is 3.87. The summed E-state index contributed by atoms with van der Waals surface area (Å²) >= 11 is 3.47. The number of halogens is 1. The van der Waals surface area contributed by atoms with E-state index in [4.69, 9.17) is 0 Å². The standard InChI is InChI=1S/C14H28Br/c1-2-3-4-5-6-7-8-9-10-11-12-13-14-15/h1-14H2. The van der Waals surface area contributed by atoms with Crippen molar-refractivity contribution in [3.8, 4) is 0 Å². The van der Waals surface area contributed by atoms with Crippen molar-refractivity contribution in [3.05, 3.63) is 6.92 Å². The Hall–Kier alpha value is 0.480. The average Bonchev–Trinajstić information content (AvgIpc) is 2.26. The predicted octanol–water partition coefficient (Wildman–Crippen LogP) is 5.90. The molecule has 0 spiro atoms. The third-order valence-electron chi connectivity index (χ3n) is 2.88. The SMILES string of the molecule is [CH2]CCCCCCCCCCCCCBr. The van der Waals surface area contributed by atoms with Crippen LogP contribution >= 0.6 is 15.9 Å². The minimum atomic E-state index is 1.12. The van der Waals surface area contributed by atoms with E-state index in [1.54, 1.807) is 0 Å². The number of alkyl halides is 1. The molecule has 0 aromatic heterocycles. The summed E-state index contributed by atoms with van der Waals surface area (Å²) < 4.78 is 0. The lowest BCUT2D eigenvalue weighted by Gasteiger charge is -2.01. The van der Waals surface area contributed by atoms with Gasteiger partial charge < -0.3 is 0 Å². The molecule has 0 bridgehead atoms. The minimum Gasteiger partial charge on any atom is -0.0928 e. The van der Waals surface area contributed by atoms with E-state index in [0.29, 0.717) is 0 Å². The minimum absolute atomic E-state index is 1.12. The third-order valence-corrected chi connectivity index (χ3v) is 3.44. The molecule has 91 valence electrons. The van der Waals surface area contributed by atoms with Gasteiger partial charge in [0.2, 0.25) is 0 Å². The Bertz CT molecular complexity index is 89.5. The number of rotatable bonds is 12. The zero-order valence-electron chi connectivity index (χ0n) is 10.3. The first kappa shape index (κ1) is 15.5. The summed E-state index contributed by atoms with van der Waals surface area (Å²) in [4.78, 5) is 0. The second-order valence-electron chi connectivity index (χ2n) is 4.43. The molecule has 0 atom stereocenters. The molecule has 0 rings (SSSR count). The zero-order chi connectivity index (χ0) is 11.2. The van der Waals surface area contributed by atoms with Gasteiger partial charge in [-0.2, -0.15) is 0 Å². The molecule has 15 heavy (non-hydrogen) atoms. The van der Waals surface area contributed by atoms with Gasteiger partial charge in [0.1, 0.15) is 0 Å². The first-order valence-corrected chi connectivity index (χ1v) is 7.89. The highest BCUT2D eigenvalue weighted by atomic mass is 79.9. The van der Waals surface area contributed by atoms with Gasteiger partial charge in [0.25, 0.3) is 0 Å². The van der Waals surface area contributed by atoms with Gasteiger partial charge in [0.05, 0.1) is 0 Å². The van der Waals surface area contributed by atoms with Gasteiger partial charge in [0, 0.05) is 5.33 Å². The van der Waals surface area contributed by atoms with E-state index in [1.807, 2.05) is 0 Å². The molecule has 0 aromatic rings. The smallest absolute Gasteiger partial charge is 0.00313 e. The largest absolute Gasteiger partial charge is 0.0928 e.